The number of amides is 1. The molecule has 1 N–H and O–H groups in total. The summed E-state index contributed by atoms with van der Waals surface area (Å²) in [6, 6.07) is 17.3. The number of allylic oxidation sites excluding steroid dienone is 4. The molecule has 1 aromatic heterocycles. The second kappa shape index (κ2) is 12.3. The minimum Gasteiger partial charge on any atom is -0.457 e. The predicted octanol–water partition coefficient (Wildman–Crippen LogP) is 5.41. The predicted molar refractivity (Wildman–Crippen MR) is 145 cm³/mol. The summed E-state index contributed by atoms with van der Waals surface area (Å²) in [4.78, 5) is 24.7. The zero-order valence-corrected chi connectivity index (χ0v) is 20.9. The maximum atomic E-state index is 13.2. The monoisotopic (exact) mass is 496 g/mol. The maximum Gasteiger partial charge on any atom is 0.255 e. The van der Waals surface area contributed by atoms with Crippen LogP contribution >= 0.6 is 0 Å². The van der Waals surface area contributed by atoms with Crippen molar-refractivity contribution in [2.75, 3.05) is 37.7 Å². The smallest absolute Gasteiger partial charge is 0.255 e. The van der Waals surface area contributed by atoms with Crippen molar-refractivity contribution in [1.29, 1.82) is 0 Å². The van der Waals surface area contributed by atoms with Crippen molar-refractivity contribution in [3.8, 4) is 22.8 Å². The van der Waals surface area contributed by atoms with E-state index in [1.165, 1.54) is 0 Å². The van der Waals surface area contributed by atoms with Gasteiger partial charge in [0, 0.05) is 31.4 Å². The molecule has 37 heavy (non-hydrogen) atoms. The van der Waals surface area contributed by atoms with Crippen LogP contribution in [0.3, 0.4) is 0 Å². The first-order valence-corrected chi connectivity index (χ1v) is 12.9. The summed E-state index contributed by atoms with van der Waals surface area (Å²) in [6.45, 7) is 3.33. The Morgan fingerprint density at radius 3 is 2.57 bits per heavy atom. The number of hydrogen-bond acceptors (Lipinski definition) is 6. The van der Waals surface area contributed by atoms with Gasteiger partial charge in [-0.3, -0.25) is 4.79 Å². The average Bonchev–Trinajstić information content (AvgIpc) is 2.97. The summed E-state index contributed by atoms with van der Waals surface area (Å²) in [5.74, 6) is 2.48. The second-order valence-corrected chi connectivity index (χ2v) is 9.18. The summed E-state index contributed by atoms with van der Waals surface area (Å²) in [5, 5.41) is 3.07. The third-order valence-corrected chi connectivity index (χ3v) is 6.53. The molecule has 0 radical (unpaired) electrons. The van der Waals surface area contributed by atoms with Gasteiger partial charge in [0.2, 0.25) is 5.95 Å². The van der Waals surface area contributed by atoms with Crippen molar-refractivity contribution in [2.45, 2.75) is 19.3 Å². The Morgan fingerprint density at radius 1 is 1.03 bits per heavy atom. The molecule has 1 amide bonds. The SMILES string of the molecule is O=C(NCCCC1C=CC=CC1)c1cnc(N2CCOCC2)nc1-c1ccc(Oc2ccccc2)cc1. The van der Waals surface area contributed by atoms with E-state index in [0.29, 0.717) is 42.9 Å². The Labute approximate surface area is 217 Å². The number of anilines is 1. The quantitative estimate of drug-likeness (QED) is 0.399. The van der Waals surface area contributed by atoms with Crippen molar-refractivity contribution in [3.63, 3.8) is 0 Å². The number of ether oxygens (including phenoxy) is 2. The number of carbonyl (C=O) groups is 1. The Hall–Kier alpha value is -3.97. The van der Waals surface area contributed by atoms with Gasteiger partial charge >= 0.3 is 0 Å². The number of para-hydroxylation sites is 1. The average molecular weight is 497 g/mol. The number of nitrogens with one attached hydrogen (secondary N) is 1. The van der Waals surface area contributed by atoms with E-state index in [9.17, 15) is 4.79 Å². The highest BCUT2D eigenvalue weighted by Crippen LogP contribution is 2.28. The van der Waals surface area contributed by atoms with Gasteiger partial charge in [0.05, 0.1) is 24.5 Å². The Bertz CT molecular complexity index is 1240. The molecule has 1 aliphatic heterocycles. The van der Waals surface area contributed by atoms with Gasteiger partial charge in [-0.15, -0.1) is 0 Å². The van der Waals surface area contributed by atoms with E-state index in [1.807, 2.05) is 54.6 Å². The highest BCUT2D eigenvalue weighted by molar-refractivity contribution is 5.99. The minimum absolute atomic E-state index is 0.160. The van der Waals surface area contributed by atoms with E-state index in [-0.39, 0.29) is 5.91 Å². The van der Waals surface area contributed by atoms with Gasteiger partial charge in [0.1, 0.15) is 11.5 Å². The first kappa shape index (κ1) is 24.7. The molecular weight excluding hydrogens is 464 g/mol. The third-order valence-electron chi connectivity index (χ3n) is 6.53. The van der Waals surface area contributed by atoms with Crippen molar-refractivity contribution < 1.29 is 14.3 Å². The van der Waals surface area contributed by atoms with Gasteiger partial charge in [0.25, 0.3) is 5.91 Å². The molecule has 0 spiro atoms. The van der Waals surface area contributed by atoms with Gasteiger partial charge < -0.3 is 19.7 Å². The normalized spacial score (nSPS) is 17.0. The molecule has 1 aliphatic carbocycles. The van der Waals surface area contributed by atoms with E-state index >= 15 is 0 Å². The lowest BCUT2D eigenvalue weighted by Crippen LogP contribution is -2.37. The van der Waals surface area contributed by atoms with Crippen molar-refractivity contribution >= 4 is 11.9 Å². The fraction of sp³-hybridized carbons (Fsp3) is 0.300. The zero-order chi connectivity index (χ0) is 25.3. The van der Waals surface area contributed by atoms with E-state index in [4.69, 9.17) is 14.5 Å². The van der Waals surface area contributed by atoms with Crippen LogP contribution in [0.25, 0.3) is 11.3 Å². The first-order chi connectivity index (χ1) is 18.3. The van der Waals surface area contributed by atoms with Crippen LogP contribution in [-0.4, -0.2) is 48.7 Å². The molecule has 3 aromatic rings. The second-order valence-electron chi connectivity index (χ2n) is 9.18. The number of hydrogen-bond donors (Lipinski definition) is 1. The van der Waals surface area contributed by atoms with Crippen LogP contribution < -0.4 is 15.0 Å². The van der Waals surface area contributed by atoms with Crippen LogP contribution in [0, 0.1) is 5.92 Å². The van der Waals surface area contributed by atoms with E-state index in [2.05, 4.69) is 39.5 Å². The van der Waals surface area contributed by atoms with Crippen LogP contribution in [0.4, 0.5) is 5.95 Å². The standard InChI is InChI=1S/C30H32N4O3/c35-29(31-17-7-10-23-8-3-1-4-9-23)27-22-32-30(34-18-20-36-21-19-34)33-28(27)24-13-15-26(16-14-24)37-25-11-5-2-6-12-25/h1-6,8,11-16,22-23H,7,9-10,17-21H2,(H,31,35). The van der Waals surface area contributed by atoms with E-state index in [0.717, 1.165) is 49.4 Å². The number of morpholine rings is 1. The van der Waals surface area contributed by atoms with Crippen LogP contribution in [0.1, 0.15) is 29.6 Å². The highest BCUT2D eigenvalue weighted by atomic mass is 16.5. The molecule has 2 aromatic carbocycles. The van der Waals surface area contributed by atoms with Gasteiger partial charge in [-0.25, -0.2) is 9.97 Å². The summed E-state index contributed by atoms with van der Waals surface area (Å²) in [5.41, 5.74) is 1.91. The Morgan fingerprint density at radius 2 is 1.81 bits per heavy atom. The zero-order valence-electron chi connectivity index (χ0n) is 20.9. The molecular formula is C30H32N4O3. The number of carbonyl (C=O) groups excluding carboxylic acids is 1. The van der Waals surface area contributed by atoms with E-state index in [1.54, 1.807) is 6.20 Å². The molecule has 190 valence electrons. The molecule has 1 fully saturated rings. The van der Waals surface area contributed by atoms with Gasteiger partial charge in [-0.05, 0) is 61.6 Å². The molecule has 7 heteroatoms. The number of aromatic nitrogens is 2. The summed E-state index contributed by atoms with van der Waals surface area (Å²) < 4.78 is 11.4. The molecule has 2 heterocycles. The summed E-state index contributed by atoms with van der Waals surface area (Å²) in [6.07, 6.45) is 13.3. The minimum atomic E-state index is -0.160. The largest absolute Gasteiger partial charge is 0.457 e. The lowest BCUT2D eigenvalue weighted by atomic mass is 9.96. The van der Waals surface area contributed by atoms with Gasteiger partial charge in [-0.2, -0.15) is 0 Å². The lowest BCUT2D eigenvalue weighted by Gasteiger charge is -2.27. The Balaban J connectivity index is 1.32. The van der Waals surface area contributed by atoms with Crippen molar-refractivity contribution in [2.24, 2.45) is 5.92 Å². The van der Waals surface area contributed by atoms with Crippen LogP contribution in [0.2, 0.25) is 0 Å². The number of nitrogens with zero attached hydrogens (tertiary/aromatic N) is 3. The molecule has 5 rings (SSSR count). The fourth-order valence-corrected chi connectivity index (χ4v) is 4.49. The van der Waals surface area contributed by atoms with Gasteiger partial charge in [-0.1, -0.05) is 42.5 Å². The van der Waals surface area contributed by atoms with Gasteiger partial charge in [0.15, 0.2) is 0 Å². The maximum absolute atomic E-state index is 13.2. The lowest BCUT2D eigenvalue weighted by molar-refractivity contribution is 0.0952. The van der Waals surface area contributed by atoms with Crippen LogP contribution in [0.5, 0.6) is 11.5 Å². The molecule has 7 nitrogen and oxygen atoms in total. The van der Waals surface area contributed by atoms with E-state index < -0.39 is 0 Å². The Kier molecular flexibility index (Phi) is 8.23. The molecule has 1 atom stereocenters. The third kappa shape index (κ3) is 6.62. The number of rotatable bonds is 9. The first-order valence-electron chi connectivity index (χ1n) is 12.9. The molecule has 1 unspecified atom stereocenters. The van der Waals surface area contributed by atoms with Crippen LogP contribution in [-0.2, 0) is 4.74 Å². The summed E-state index contributed by atoms with van der Waals surface area (Å²) >= 11 is 0. The topological polar surface area (TPSA) is 76.6 Å². The van der Waals surface area contributed by atoms with Crippen LogP contribution in [0.15, 0.2) is 85.1 Å². The highest BCUT2D eigenvalue weighted by Gasteiger charge is 2.20. The molecule has 0 bridgehead atoms. The molecule has 0 saturated carbocycles. The number of benzene rings is 2. The fourth-order valence-electron chi connectivity index (χ4n) is 4.49. The summed E-state index contributed by atoms with van der Waals surface area (Å²) in [7, 11) is 0. The molecule has 1 saturated heterocycles. The van der Waals surface area contributed by atoms with Crippen molar-refractivity contribution in [3.05, 3.63) is 90.7 Å². The van der Waals surface area contributed by atoms with Crippen molar-refractivity contribution in [1.82, 2.24) is 15.3 Å². The molecule has 2 aliphatic rings.